The fourth-order valence-electron chi connectivity index (χ4n) is 5.69. The van der Waals surface area contributed by atoms with Gasteiger partial charge in [-0.1, -0.05) is 130 Å². The Morgan fingerprint density at radius 1 is 0.429 bits per heavy atom. The highest BCUT2D eigenvalue weighted by Gasteiger charge is 2.30. The molecule has 0 fully saturated rings. The number of ether oxygens (including phenoxy) is 2. The van der Waals surface area contributed by atoms with Crippen LogP contribution in [0.5, 0.6) is 23.0 Å². The lowest BCUT2D eigenvalue weighted by molar-refractivity contribution is -0.140. The van der Waals surface area contributed by atoms with Crippen molar-refractivity contribution in [3.63, 3.8) is 0 Å². The third kappa shape index (κ3) is 10.1. The van der Waals surface area contributed by atoms with Crippen LogP contribution in [0.3, 0.4) is 0 Å². The second kappa shape index (κ2) is 16.0. The molecule has 0 aromatic heterocycles. The number of benzene rings is 4. The molecule has 0 radical (unpaired) electrons. The Kier molecular flexibility index (Phi) is 12.4. The minimum absolute atomic E-state index is 0.0267. The molecule has 8 nitrogen and oxygen atoms in total. The number of hydrogen-bond donors (Lipinski definition) is 4. The van der Waals surface area contributed by atoms with E-state index in [0.717, 1.165) is 22.3 Å². The highest BCUT2D eigenvalue weighted by atomic mass is 32.2. The zero-order valence-corrected chi connectivity index (χ0v) is 37.4. The van der Waals surface area contributed by atoms with Crippen LogP contribution in [0.4, 0.5) is 0 Å². The van der Waals surface area contributed by atoms with Crippen molar-refractivity contribution in [2.45, 2.75) is 144 Å². The molecule has 4 aromatic rings. The normalized spacial score (nSPS) is 13.6. The molecule has 0 spiro atoms. The largest absolute Gasteiger partial charge is 0.506 e. The lowest BCUT2D eigenvalue weighted by atomic mass is 9.87. The minimum atomic E-state index is -1.15. The molecule has 56 heavy (non-hydrogen) atoms. The van der Waals surface area contributed by atoms with Gasteiger partial charge in [-0.25, -0.2) is 9.59 Å². The number of carboxylic acid groups (broad SMARTS) is 2. The van der Waals surface area contributed by atoms with Crippen molar-refractivity contribution in [1.29, 1.82) is 0 Å². The van der Waals surface area contributed by atoms with E-state index in [-0.39, 0.29) is 33.2 Å². The predicted octanol–water partition coefficient (Wildman–Crippen LogP) is 12.1. The summed E-state index contributed by atoms with van der Waals surface area (Å²) < 4.78 is 12.3. The number of aliphatic carboxylic acids is 2. The van der Waals surface area contributed by atoms with E-state index in [4.69, 9.17) is 9.47 Å². The van der Waals surface area contributed by atoms with Crippen LogP contribution in [0, 0.1) is 0 Å². The van der Waals surface area contributed by atoms with Gasteiger partial charge in [0.25, 0.3) is 0 Å². The second-order valence-electron chi connectivity index (χ2n) is 18.0. The monoisotopic (exact) mass is 836 g/mol. The van der Waals surface area contributed by atoms with Gasteiger partial charge in [0.15, 0.2) is 13.2 Å². The zero-order valence-electron chi connectivity index (χ0n) is 34.1. The summed E-state index contributed by atoms with van der Waals surface area (Å²) >= 11 is 5.14. The quantitative estimate of drug-likeness (QED) is 0.130. The molecule has 8 bridgehead atoms. The van der Waals surface area contributed by atoms with E-state index in [9.17, 15) is 30.0 Å². The molecule has 1 heterocycles. The number of phenolic OH excluding ortho intramolecular Hbond substituents is 2. The predicted molar refractivity (Wildman–Crippen MR) is 227 cm³/mol. The van der Waals surface area contributed by atoms with E-state index in [0.29, 0.717) is 50.7 Å². The average molecular weight is 837 g/mol. The smallest absolute Gasteiger partial charge is 0.341 e. The first-order valence-electron chi connectivity index (χ1n) is 18.2. The zero-order chi connectivity index (χ0) is 41.7. The molecule has 1 aliphatic heterocycles. The summed E-state index contributed by atoms with van der Waals surface area (Å²) in [6.07, 6.45) is 0. The molecule has 300 valence electrons. The van der Waals surface area contributed by atoms with Gasteiger partial charge in [0.1, 0.15) is 23.0 Å². The van der Waals surface area contributed by atoms with E-state index in [1.54, 1.807) is 0 Å². The molecular formula is C44H52O8S4. The topological polar surface area (TPSA) is 134 Å². The van der Waals surface area contributed by atoms with E-state index in [2.05, 4.69) is 83.1 Å². The molecule has 4 aromatic carbocycles. The first-order chi connectivity index (χ1) is 25.7. The SMILES string of the molecule is CC(C)(C)c1cc2c(O)c(c1)Sc1cc(C(C)(C)C)cc(c1OCC(=O)O)Sc1cc(C(C)(C)C)cc(c1OCC(=O)O)Sc1cc(C(C)(C)C)cc(c1O)S2. The Hall–Kier alpha value is -3.58. The standard InChI is InChI=1S/C44H52O8S4/c1-41(2,3)23-13-27-37(49)29(15-23)54-31-17-25(43(7,8)9)19-33(39(31)51-21-35(45)46)56-34-20-26(44(10,11)12)18-32(40(34)52-22-36(47)48)55-30-16-24(42(4,5)6)14-28(53-27)38(30)50/h13-20,49-50H,21-22H2,1-12H3,(H,45,46)(H,47,48). The Morgan fingerprint density at radius 3 is 0.839 bits per heavy atom. The minimum Gasteiger partial charge on any atom is -0.506 e. The van der Waals surface area contributed by atoms with Gasteiger partial charge in [-0.2, -0.15) is 0 Å². The summed E-state index contributed by atoms with van der Waals surface area (Å²) in [6.45, 7) is 23.9. The van der Waals surface area contributed by atoms with Crippen LogP contribution in [-0.2, 0) is 31.2 Å². The van der Waals surface area contributed by atoms with Crippen molar-refractivity contribution in [3.05, 3.63) is 70.8 Å². The van der Waals surface area contributed by atoms with Crippen LogP contribution in [0.2, 0.25) is 0 Å². The molecule has 12 heteroatoms. The van der Waals surface area contributed by atoms with E-state index in [1.165, 1.54) is 47.0 Å². The highest BCUT2D eigenvalue weighted by molar-refractivity contribution is 8.01. The van der Waals surface area contributed by atoms with E-state index in [1.807, 2.05) is 48.5 Å². The molecule has 0 saturated heterocycles. The van der Waals surface area contributed by atoms with Crippen LogP contribution in [0.1, 0.15) is 105 Å². The number of hydrogen-bond acceptors (Lipinski definition) is 10. The maximum Gasteiger partial charge on any atom is 0.341 e. The molecule has 0 saturated carbocycles. The molecular weight excluding hydrogens is 785 g/mol. The van der Waals surface area contributed by atoms with Crippen LogP contribution >= 0.6 is 47.0 Å². The van der Waals surface area contributed by atoms with Gasteiger partial charge in [0.2, 0.25) is 0 Å². The first kappa shape index (κ1) is 43.5. The Bertz CT molecular complexity index is 2030. The molecule has 0 atom stereocenters. The Labute approximate surface area is 347 Å². The maximum atomic E-state index is 12.1. The molecule has 0 unspecified atom stereocenters. The van der Waals surface area contributed by atoms with Gasteiger partial charge in [0, 0.05) is 0 Å². The maximum absolute atomic E-state index is 12.1. The molecule has 0 amide bonds. The second-order valence-corrected chi connectivity index (χ2v) is 22.4. The lowest BCUT2D eigenvalue weighted by Gasteiger charge is -2.27. The lowest BCUT2D eigenvalue weighted by Crippen LogP contribution is -2.15. The van der Waals surface area contributed by atoms with E-state index < -0.39 is 25.2 Å². The number of carboxylic acids is 2. The van der Waals surface area contributed by atoms with Gasteiger partial charge in [-0.3, -0.25) is 0 Å². The molecule has 0 aliphatic carbocycles. The fourth-order valence-corrected chi connectivity index (χ4v) is 10.3. The summed E-state index contributed by atoms with van der Waals surface area (Å²) in [5, 5.41) is 43.8. The van der Waals surface area contributed by atoms with Gasteiger partial charge < -0.3 is 29.9 Å². The van der Waals surface area contributed by atoms with Crippen LogP contribution < -0.4 is 9.47 Å². The van der Waals surface area contributed by atoms with Crippen LogP contribution in [0.15, 0.2) is 87.7 Å². The van der Waals surface area contributed by atoms with Crippen molar-refractivity contribution in [2.75, 3.05) is 13.2 Å². The first-order valence-corrected chi connectivity index (χ1v) is 21.5. The average Bonchev–Trinajstić information content (AvgIpc) is 3.04. The highest BCUT2D eigenvalue weighted by Crippen LogP contribution is 2.56. The number of fused-ring (bicyclic) bond motifs is 8. The third-order valence-electron chi connectivity index (χ3n) is 9.15. The molecule has 5 rings (SSSR count). The van der Waals surface area contributed by atoms with Crippen molar-refractivity contribution in [2.24, 2.45) is 0 Å². The Morgan fingerprint density at radius 2 is 0.625 bits per heavy atom. The molecule has 1 aliphatic rings. The van der Waals surface area contributed by atoms with E-state index >= 15 is 0 Å². The number of rotatable bonds is 6. The van der Waals surface area contributed by atoms with Crippen molar-refractivity contribution < 1.29 is 39.5 Å². The molecule has 4 N–H and O–H groups in total. The van der Waals surface area contributed by atoms with Crippen molar-refractivity contribution >= 4 is 59.0 Å². The third-order valence-corrected chi connectivity index (χ3v) is 13.4. The summed E-state index contributed by atoms with van der Waals surface area (Å²) in [5.41, 5.74) is 2.47. The number of aromatic hydroxyl groups is 2. The fraction of sp³-hybridized carbons (Fsp3) is 0.409. The van der Waals surface area contributed by atoms with Gasteiger partial charge in [-0.15, -0.1) is 0 Å². The van der Waals surface area contributed by atoms with Crippen LogP contribution in [0.25, 0.3) is 0 Å². The number of phenols is 2. The number of carbonyl (C=O) groups is 2. The van der Waals surface area contributed by atoms with Gasteiger partial charge in [0.05, 0.1) is 39.2 Å². The summed E-state index contributed by atoms with van der Waals surface area (Å²) in [7, 11) is 0. The van der Waals surface area contributed by atoms with Gasteiger partial charge >= 0.3 is 11.9 Å². The summed E-state index contributed by atoms with van der Waals surface area (Å²) in [5.74, 6) is -1.61. The van der Waals surface area contributed by atoms with Crippen molar-refractivity contribution in [1.82, 2.24) is 0 Å². The summed E-state index contributed by atoms with van der Waals surface area (Å²) in [6, 6.07) is 15.7. The van der Waals surface area contributed by atoms with Crippen molar-refractivity contribution in [3.8, 4) is 23.0 Å². The van der Waals surface area contributed by atoms with Crippen LogP contribution in [-0.4, -0.2) is 45.6 Å². The Balaban J connectivity index is 1.97. The van der Waals surface area contributed by atoms with Gasteiger partial charge in [-0.05, 0) is 92.4 Å². The summed E-state index contributed by atoms with van der Waals surface area (Å²) in [4.78, 5) is 28.6.